The molecule has 3 aromatic rings. The minimum absolute atomic E-state index is 0.0511. The Kier molecular flexibility index (Phi) is 7.12. The fourth-order valence-corrected chi connectivity index (χ4v) is 3.16. The van der Waals surface area contributed by atoms with E-state index in [-0.39, 0.29) is 11.3 Å². The molecule has 2 N–H and O–H groups in total. The number of benzene rings is 3. The smallest absolute Gasteiger partial charge is 0.266 e. The predicted molar refractivity (Wildman–Crippen MR) is 120 cm³/mol. The summed E-state index contributed by atoms with van der Waals surface area (Å²) in [5.74, 6) is 0.184. The van der Waals surface area contributed by atoms with E-state index < -0.39 is 5.91 Å². The second-order valence-electron chi connectivity index (χ2n) is 6.28. The summed E-state index contributed by atoms with van der Waals surface area (Å²) in [6.45, 7) is 0.378. The number of ether oxygens (including phenoxy) is 1. The Balaban J connectivity index is 1.69. The van der Waals surface area contributed by atoms with E-state index in [1.54, 1.807) is 42.5 Å². The van der Waals surface area contributed by atoms with Crippen LogP contribution in [-0.4, -0.2) is 11.0 Å². The maximum atomic E-state index is 12.4. The van der Waals surface area contributed by atoms with Crippen LogP contribution in [0, 0.1) is 11.3 Å². The first-order valence-electron chi connectivity index (χ1n) is 8.83. The summed E-state index contributed by atoms with van der Waals surface area (Å²) in [7, 11) is 0. The second-order valence-corrected chi connectivity index (χ2v) is 7.57. The van der Waals surface area contributed by atoms with Crippen LogP contribution >= 0.6 is 27.5 Å². The van der Waals surface area contributed by atoms with Gasteiger partial charge in [0.2, 0.25) is 0 Å². The summed E-state index contributed by atoms with van der Waals surface area (Å²) in [4.78, 5) is 12.4. The zero-order chi connectivity index (χ0) is 21.5. The van der Waals surface area contributed by atoms with Gasteiger partial charge in [0.1, 0.15) is 29.7 Å². The summed E-state index contributed by atoms with van der Waals surface area (Å²) >= 11 is 9.34. The molecule has 3 aromatic carbocycles. The zero-order valence-electron chi connectivity index (χ0n) is 15.6. The number of nitrogens with one attached hydrogen (secondary N) is 1. The zero-order valence-corrected chi connectivity index (χ0v) is 17.9. The average Bonchev–Trinajstić information content (AvgIpc) is 2.74. The van der Waals surface area contributed by atoms with Gasteiger partial charge in [0.25, 0.3) is 5.91 Å². The predicted octanol–water partition coefficient (Wildman–Crippen LogP) is 5.93. The molecule has 0 aliphatic carbocycles. The summed E-state index contributed by atoms with van der Waals surface area (Å²) in [6, 6.07) is 20.6. The van der Waals surface area contributed by atoms with Crippen molar-refractivity contribution in [1.29, 1.82) is 5.26 Å². The molecule has 0 fully saturated rings. The van der Waals surface area contributed by atoms with E-state index in [4.69, 9.17) is 16.3 Å². The summed E-state index contributed by atoms with van der Waals surface area (Å²) < 4.78 is 6.51. The van der Waals surface area contributed by atoms with Gasteiger partial charge in [-0.3, -0.25) is 4.79 Å². The minimum Gasteiger partial charge on any atom is -0.508 e. The Hall–Kier alpha value is -3.27. The Morgan fingerprint density at radius 3 is 2.47 bits per heavy atom. The van der Waals surface area contributed by atoms with Crippen molar-refractivity contribution < 1.29 is 14.6 Å². The molecule has 0 spiro atoms. The molecule has 0 radical (unpaired) electrons. The van der Waals surface area contributed by atoms with Crippen molar-refractivity contribution in [3.63, 3.8) is 0 Å². The second kappa shape index (κ2) is 9.97. The van der Waals surface area contributed by atoms with Crippen LogP contribution in [0.25, 0.3) is 6.08 Å². The lowest BCUT2D eigenvalue weighted by atomic mass is 10.1. The van der Waals surface area contributed by atoms with Crippen molar-refractivity contribution in [1.82, 2.24) is 0 Å². The maximum Gasteiger partial charge on any atom is 0.266 e. The first kappa shape index (κ1) is 21.4. The molecule has 1 amide bonds. The molecule has 0 bridgehead atoms. The number of anilines is 1. The van der Waals surface area contributed by atoms with Crippen LogP contribution < -0.4 is 10.1 Å². The molecule has 0 aliphatic rings. The first-order valence-corrected chi connectivity index (χ1v) is 10.0. The van der Waals surface area contributed by atoms with Crippen molar-refractivity contribution in [3.8, 4) is 17.6 Å². The third-order valence-electron chi connectivity index (χ3n) is 4.06. The van der Waals surface area contributed by atoms with Gasteiger partial charge >= 0.3 is 0 Å². The summed E-state index contributed by atoms with van der Waals surface area (Å²) in [5.41, 5.74) is 2.07. The number of carbonyl (C=O) groups excluding carboxylic acids is 1. The number of amides is 1. The lowest BCUT2D eigenvalue weighted by Crippen LogP contribution is -2.13. The number of nitriles is 1. The number of nitrogens with zero attached hydrogens (tertiary/aromatic N) is 1. The topological polar surface area (TPSA) is 82.3 Å². The van der Waals surface area contributed by atoms with Crippen molar-refractivity contribution in [2.75, 3.05) is 5.32 Å². The Labute approximate surface area is 187 Å². The van der Waals surface area contributed by atoms with Gasteiger partial charge in [0.05, 0.1) is 4.47 Å². The van der Waals surface area contributed by atoms with Gasteiger partial charge in [-0.15, -0.1) is 0 Å². The van der Waals surface area contributed by atoms with Crippen LogP contribution in [0.3, 0.4) is 0 Å². The van der Waals surface area contributed by atoms with Crippen LogP contribution in [0.15, 0.2) is 76.8 Å². The van der Waals surface area contributed by atoms with Gasteiger partial charge in [0, 0.05) is 10.7 Å². The Morgan fingerprint density at radius 1 is 1.13 bits per heavy atom. The molecule has 30 heavy (non-hydrogen) atoms. The Bertz CT molecular complexity index is 1120. The number of carbonyl (C=O) groups is 1. The molecule has 0 atom stereocenters. The average molecular weight is 484 g/mol. The molecule has 3 rings (SSSR count). The van der Waals surface area contributed by atoms with Crippen LogP contribution in [0.5, 0.6) is 11.5 Å². The van der Waals surface area contributed by atoms with Crippen molar-refractivity contribution in [2.45, 2.75) is 6.61 Å². The fourth-order valence-electron chi connectivity index (χ4n) is 2.52. The van der Waals surface area contributed by atoms with Gasteiger partial charge < -0.3 is 15.2 Å². The molecule has 0 saturated heterocycles. The third kappa shape index (κ3) is 5.86. The van der Waals surface area contributed by atoms with Gasteiger partial charge in [0.15, 0.2) is 0 Å². The largest absolute Gasteiger partial charge is 0.508 e. The van der Waals surface area contributed by atoms with E-state index in [0.29, 0.717) is 33.1 Å². The highest BCUT2D eigenvalue weighted by atomic mass is 79.9. The number of hydrogen-bond acceptors (Lipinski definition) is 4. The van der Waals surface area contributed by atoms with E-state index in [9.17, 15) is 15.2 Å². The van der Waals surface area contributed by atoms with Crippen molar-refractivity contribution in [3.05, 3.63) is 92.9 Å². The third-order valence-corrected chi connectivity index (χ3v) is 4.94. The number of halogens is 2. The van der Waals surface area contributed by atoms with Crippen LogP contribution in [-0.2, 0) is 11.4 Å². The van der Waals surface area contributed by atoms with Gasteiger partial charge in [-0.1, -0.05) is 29.8 Å². The molecule has 5 nitrogen and oxygen atoms in total. The standard InChI is InChI=1S/C23H16BrClN2O3/c24-21-12-16(3-10-22(21)30-14-15-1-4-18(25)5-2-15)11-17(13-26)23(29)27-19-6-8-20(28)9-7-19/h1-12,28H,14H2,(H,27,29)/b17-11+. The van der Waals surface area contributed by atoms with Gasteiger partial charge in [-0.05, 0) is 81.7 Å². The SMILES string of the molecule is N#C/C(=C\c1ccc(OCc2ccc(Cl)cc2)c(Br)c1)C(=O)Nc1ccc(O)cc1. The number of hydrogen-bond donors (Lipinski definition) is 2. The molecular formula is C23H16BrClN2O3. The lowest BCUT2D eigenvalue weighted by molar-refractivity contribution is -0.112. The van der Waals surface area contributed by atoms with E-state index in [0.717, 1.165) is 5.56 Å². The number of phenolic OH excluding ortho intramolecular Hbond substituents is 1. The number of aromatic hydroxyl groups is 1. The molecule has 0 heterocycles. The van der Waals surface area contributed by atoms with Crippen LogP contribution in [0.1, 0.15) is 11.1 Å². The van der Waals surface area contributed by atoms with E-state index in [2.05, 4.69) is 21.2 Å². The molecule has 150 valence electrons. The monoisotopic (exact) mass is 482 g/mol. The van der Waals surface area contributed by atoms with Crippen LogP contribution in [0.4, 0.5) is 5.69 Å². The fraction of sp³-hybridized carbons (Fsp3) is 0.0435. The van der Waals surface area contributed by atoms with E-state index >= 15 is 0 Å². The Morgan fingerprint density at radius 2 is 1.83 bits per heavy atom. The van der Waals surface area contributed by atoms with Gasteiger partial charge in [-0.25, -0.2) is 0 Å². The molecule has 0 aromatic heterocycles. The molecular weight excluding hydrogens is 468 g/mol. The van der Waals surface area contributed by atoms with Crippen LogP contribution in [0.2, 0.25) is 5.02 Å². The molecule has 7 heteroatoms. The summed E-state index contributed by atoms with van der Waals surface area (Å²) in [6.07, 6.45) is 1.49. The maximum absolute atomic E-state index is 12.4. The number of rotatable bonds is 6. The van der Waals surface area contributed by atoms with E-state index in [1.165, 1.54) is 18.2 Å². The highest BCUT2D eigenvalue weighted by Crippen LogP contribution is 2.28. The first-order chi connectivity index (χ1) is 14.4. The van der Waals surface area contributed by atoms with Crippen molar-refractivity contribution in [2.24, 2.45) is 0 Å². The molecule has 0 saturated carbocycles. The van der Waals surface area contributed by atoms with E-state index in [1.807, 2.05) is 18.2 Å². The normalized spacial score (nSPS) is 10.9. The van der Waals surface area contributed by atoms with Gasteiger partial charge in [-0.2, -0.15) is 5.26 Å². The van der Waals surface area contributed by atoms with Crippen molar-refractivity contribution >= 4 is 45.2 Å². The number of phenols is 1. The molecule has 0 unspecified atom stereocenters. The quantitative estimate of drug-likeness (QED) is 0.258. The molecule has 0 aliphatic heterocycles. The highest BCUT2D eigenvalue weighted by Gasteiger charge is 2.11. The minimum atomic E-state index is -0.539. The highest BCUT2D eigenvalue weighted by molar-refractivity contribution is 9.10. The lowest BCUT2D eigenvalue weighted by Gasteiger charge is -2.09. The summed E-state index contributed by atoms with van der Waals surface area (Å²) in [5, 5.41) is 22.0.